The lowest BCUT2D eigenvalue weighted by molar-refractivity contribution is -0.147. The fourth-order valence-electron chi connectivity index (χ4n) is 5.85. The van der Waals surface area contributed by atoms with Crippen molar-refractivity contribution in [2.24, 2.45) is 11.8 Å². The molecule has 3 aliphatic rings. The van der Waals surface area contributed by atoms with Crippen LogP contribution in [0.15, 0.2) is 18.2 Å². The van der Waals surface area contributed by atoms with Gasteiger partial charge in [0.1, 0.15) is 11.6 Å². The first-order chi connectivity index (χ1) is 14.6. The van der Waals surface area contributed by atoms with Crippen LogP contribution in [0.1, 0.15) is 37.8 Å². The summed E-state index contributed by atoms with van der Waals surface area (Å²) in [6.07, 6.45) is 1.09. The maximum absolute atomic E-state index is 13.7. The van der Waals surface area contributed by atoms with Crippen LogP contribution in [-0.2, 0) is 19.1 Å². The van der Waals surface area contributed by atoms with Crippen LogP contribution in [0.25, 0.3) is 0 Å². The van der Waals surface area contributed by atoms with E-state index in [1.165, 1.54) is 4.90 Å². The van der Waals surface area contributed by atoms with Crippen LogP contribution >= 0.6 is 0 Å². The highest BCUT2D eigenvalue weighted by Crippen LogP contribution is 2.63. The van der Waals surface area contributed by atoms with Gasteiger partial charge in [-0.25, -0.2) is 0 Å². The number of benzene rings is 1. The zero-order valence-electron chi connectivity index (χ0n) is 18.7. The highest BCUT2D eigenvalue weighted by molar-refractivity contribution is 6.04. The van der Waals surface area contributed by atoms with E-state index in [2.05, 4.69) is 10.6 Å². The van der Waals surface area contributed by atoms with Gasteiger partial charge < -0.3 is 25.4 Å². The number of hydrogen-bond donors (Lipinski definition) is 3. The minimum Gasteiger partial charge on any atom is -0.394 e. The molecule has 6 atom stereocenters. The minimum atomic E-state index is -1.09. The maximum Gasteiger partial charge on any atom is 0.250 e. The number of hydrogen-bond acceptors (Lipinski definition) is 5. The molecule has 0 radical (unpaired) electrons. The van der Waals surface area contributed by atoms with Gasteiger partial charge in [0.25, 0.3) is 0 Å². The average Bonchev–Trinajstić information content (AvgIpc) is 3.30. The summed E-state index contributed by atoms with van der Waals surface area (Å²) in [7, 11) is 1.54. The summed E-state index contributed by atoms with van der Waals surface area (Å²) in [4.78, 5) is 41.5. The lowest BCUT2D eigenvalue weighted by atomic mass is 9.66. The van der Waals surface area contributed by atoms with E-state index in [-0.39, 0.29) is 24.3 Å². The van der Waals surface area contributed by atoms with Crippen LogP contribution in [0.4, 0.5) is 5.69 Å². The Balaban J connectivity index is 1.78. The zero-order valence-corrected chi connectivity index (χ0v) is 18.7. The van der Waals surface area contributed by atoms with Gasteiger partial charge in [-0.3, -0.25) is 14.4 Å². The highest BCUT2D eigenvalue weighted by Gasteiger charge is 2.78. The molecular weight excluding hydrogens is 398 g/mol. The molecule has 0 aromatic heterocycles. The molecule has 3 saturated heterocycles. The lowest BCUT2D eigenvalue weighted by Gasteiger charge is -2.35. The molecule has 8 nitrogen and oxygen atoms in total. The van der Waals surface area contributed by atoms with Crippen molar-refractivity contribution in [1.82, 2.24) is 10.2 Å². The van der Waals surface area contributed by atoms with Crippen molar-refractivity contribution in [3.8, 4) is 0 Å². The number of anilines is 1. The summed E-state index contributed by atoms with van der Waals surface area (Å²) in [5.74, 6) is -2.35. The fourth-order valence-corrected chi connectivity index (χ4v) is 5.85. The molecule has 31 heavy (non-hydrogen) atoms. The van der Waals surface area contributed by atoms with Gasteiger partial charge in [0.05, 0.1) is 30.1 Å². The second-order valence-corrected chi connectivity index (χ2v) is 9.43. The van der Waals surface area contributed by atoms with Crippen LogP contribution in [0.5, 0.6) is 0 Å². The van der Waals surface area contributed by atoms with Crippen molar-refractivity contribution in [3.05, 3.63) is 29.3 Å². The number of ether oxygens (including phenoxy) is 1. The second-order valence-electron chi connectivity index (χ2n) is 9.43. The Morgan fingerprint density at radius 3 is 2.65 bits per heavy atom. The summed E-state index contributed by atoms with van der Waals surface area (Å²) < 4.78 is 6.46. The van der Waals surface area contributed by atoms with Crippen molar-refractivity contribution in [3.63, 3.8) is 0 Å². The number of nitrogens with zero attached hydrogens (tertiary/aromatic N) is 1. The van der Waals surface area contributed by atoms with Crippen LogP contribution in [0.3, 0.4) is 0 Å². The Hall–Kier alpha value is -2.45. The number of fused-ring (bicyclic) bond motifs is 1. The molecule has 3 heterocycles. The monoisotopic (exact) mass is 429 g/mol. The maximum atomic E-state index is 13.7. The summed E-state index contributed by atoms with van der Waals surface area (Å²) in [6.45, 7) is 7.12. The van der Waals surface area contributed by atoms with Crippen LogP contribution in [0.2, 0.25) is 0 Å². The molecule has 8 heteroatoms. The summed E-state index contributed by atoms with van der Waals surface area (Å²) in [6, 6.07) is 4.28. The molecule has 2 unspecified atom stereocenters. The molecule has 1 aromatic rings. The lowest BCUT2D eigenvalue weighted by Crippen LogP contribution is -2.55. The topological polar surface area (TPSA) is 108 Å². The normalized spacial score (nSPS) is 34.6. The Bertz CT molecular complexity index is 949. The third-order valence-corrected chi connectivity index (χ3v) is 7.38. The summed E-state index contributed by atoms with van der Waals surface area (Å²) >= 11 is 0. The van der Waals surface area contributed by atoms with Gasteiger partial charge in [0.2, 0.25) is 17.7 Å². The van der Waals surface area contributed by atoms with E-state index in [0.29, 0.717) is 18.5 Å². The molecule has 2 bridgehead atoms. The SMILES string of the molecule is CNC(=O)[C@@H]1[C@H]2C(=O)N([C@H](C)CO)C(C(=O)Nc3cc(C)ccc3C)C23CC[C@@]1(C)O3. The number of amides is 3. The number of carbonyl (C=O) groups is 3. The molecule has 3 fully saturated rings. The van der Waals surface area contributed by atoms with Gasteiger partial charge in [-0.2, -0.15) is 0 Å². The molecule has 3 aliphatic heterocycles. The van der Waals surface area contributed by atoms with E-state index < -0.39 is 35.1 Å². The highest BCUT2D eigenvalue weighted by atomic mass is 16.5. The van der Waals surface area contributed by atoms with Gasteiger partial charge in [-0.15, -0.1) is 0 Å². The molecular formula is C23H31N3O5. The smallest absolute Gasteiger partial charge is 0.250 e. The van der Waals surface area contributed by atoms with E-state index in [1.807, 2.05) is 39.0 Å². The Morgan fingerprint density at radius 1 is 1.29 bits per heavy atom. The number of aryl methyl sites for hydroxylation is 2. The minimum absolute atomic E-state index is 0.255. The quantitative estimate of drug-likeness (QED) is 0.650. The van der Waals surface area contributed by atoms with Crippen molar-refractivity contribution < 1.29 is 24.2 Å². The number of rotatable bonds is 5. The van der Waals surface area contributed by atoms with E-state index in [9.17, 15) is 19.5 Å². The number of aliphatic hydroxyl groups excluding tert-OH is 1. The summed E-state index contributed by atoms with van der Waals surface area (Å²) in [5.41, 5.74) is 0.702. The molecule has 4 rings (SSSR count). The van der Waals surface area contributed by atoms with Gasteiger partial charge in [-0.05, 0) is 57.7 Å². The van der Waals surface area contributed by atoms with E-state index in [1.54, 1.807) is 14.0 Å². The molecule has 0 aliphatic carbocycles. The van der Waals surface area contributed by atoms with Crippen LogP contribution < -0.4 is 10.6 Å². The van der Waals surface area contributed by atoms with Crippen LogP contribution in [-0.4, -0.2) is 64.7 Å². The van der Waals surface area contributed by atoms with Gasteiger partial charge in [-0.1, -0.05) is 12.1 Å². The molecule has 3 amide bonds. The second kappa shape index (κ2) is 7.31. The largest absolute Gasteiger partial charge is 0.394 e. The average molecular weight is 430 g/mol. The zero-order chi connectivity index (χ0) is 22.7. The van der Waals surface area contributed by atoms with Crippen molar-refractivity contribution in [2.75, 3.05) is 19.0 Å². The number of carbonyl (C=O) groups excluding carboxylic acids is 3. The first-order valence-corrected chi connectivity index (χ1v) is 10.8. The molecule has 3 N–H and O–H groups in total. The van der Waals surface area contributed by atoms with Crippen molar-refractivity contribution >= 4 is 23.4 Å². The van der Waals surface area contributed by atoms with E-state index in [0.717, 1.165) is 11.1 Å². The van der Waals surface area contributed by atoms with Crippen LogP contribution in [0, 0.1) is 25.7 Å². The third-order valence-electron chi connectivity index (χ3n) is 7.38. The molecule has 1 aromatic carbocycles. The molecule has 168 valence electrons. The number of nitrogens with one attached hydrogen (secondary N) is 2. The van der Waals surface area contributed by atoms with Gasteiger partial charge >= 0.3 is 0 Å². The number of likely N-dealkylation sites (tertiary alicyclic amines) is 1. The summed E-state index contributed by atoms with van der Waals surface area (Å²) in [5, 5.41) is 15.5. The Kier molecular flexibility index (Phi) is 5.13. The standard InChI is InChI=1S/C23H31N3O5/c1-12-6-7-13(2)15(10-12)25-20(29)18-23-9-8-22(4,31-23)16(19(28)24-5)17(23)21(30)26(18)14(3)11-27/h6-7,10,14,16-18,27H,8-9,11H2,1-5H3,(H,24,28)(H,25,29)/t14-,16+,17+,18?,22-,23?/m1/s1. The van der Waals surface area contributed by atoms with E-state index in [4.69, 9.17) is 4.74 Å². The first kappa shape index (κ1) is 21.8. The van der Waals surface area contributed by atoms with Crippen molar-refractivity contribution in [2.45, 2.75) is 63.8 Å². The third kappa shape index (κ3) is 2.99. The Labute approximate surface area is 182 Å². The molecule has 0 saturated carbocycles. The first-order valence-electron chi connectivity index (χ1n) is 10.8. The predicted octanol–water partition coefficient (Wildman–Crippen LogP) is 1.13. The molecule has 1 spiro atoms. The van der Waals surface area contributed by atoms with Crippen molar-refractivity contribution in [1.29, 1.82) is 0 Å². The number of aliphatic hydroxyl groups is 1. The van der Waals surface area contributed by atoms with E-state index >= 15 is 0 Å². The predicted molar refractivity (Wildman–Crippen MR) is 114 cm³/mol. The van der Waals surface area contributed by atoms with Gasteiger partial charge in [0, 0.05) is 12.7 Å². The fraction of sp³-hybridized carbons (Fsp3) is 0.609. The Morgan fingerprint density at radius 2 is 2.00 bits per heavy atom. The van der Waals surface area contributed by atoms with Gasteiger partial charge in [0.15, 0.2) is 0 Å².